The highest BCUT2D eigenvalue weighted by atomic mass is 19.4. The molecular formula is C18H23F3N4O5. The first-order valence-corrected chi connectivity index (χ1v) is 9.13. The second kappa shape index (κ2) is 8.76. The van der Waals surface area contributed by atoms with Crippen molar-refractivity contribution in [2.45, 2.75) is 51.4 Å². The van der Waals surface area contributed by atoms with Gasteiger partial charge in [-0.1, -0.05) is 0 Å². The number of hydrogen-bond donors (Lipinski definition) is 3. The van der Waals surface area contributed by atoms with Crippen LogP contribution in [0.4, 0.5) is 34.4 Å². The summed E-state index contributed by atoms with van der Waals surface area (Å²) in [7, 11) is 0. The third-order valence-electron chi connectivity index (χ3n) is 4.06. The number of halogens is 3. The minimum Gasteiger partial charge on any atom is -0.465 e. The predicted octanol–water partition coefficient (Wildman–Crippen LogP) is 3.73. The van der Waals surface area contributed by atoms with Gasteiger partial charge < -0.3 is 20.1 Å². The van der Waals surface area contributed by atoms with Crippen LogP contribution in [-0.4, -0.2) is 63.9 Å². The monoisotopic (exact) mass is 432 g/mol. The summed E-state index contributed by atoms with van der Waals surface area (Å²) in [5, 5.41) is 14.1. The molecule has 0 aromatic carbocycles. The summed E-state index contributed by atoms with van der Waals surface area (Å²) in [6.45, 7) is 5.24. The van der Waals surface area contributed by atoms with Crippen LogP contribution in [0.2, 0.25) is 0 Å². The minimum atomic E-state index is -5.16. The smallest absolute Gasteiger partial charge is 0.455 e. The third-order valence-corrected chi connectivity index (χ3v) is 4.06. The van der Waals surface area contributed by atoms with Crippen molar-refractivity contribution < 1.29 is 37.4 Å². The number of amides is 2. The largest absolute Gasteiger partial charge is 0.465 e. The average Bonchev–Trinajstić information content (AvgIpc) is 2.59. The number of Topliss-reactive ketones (excluding diaryl/α,β-unsaturated/α-hetero) is 1. The van der Waals surface area contributed by atoms with Gasteiger partial charge in [0.25, 0.3) is 5.78 Å². The van der Waals surface area contributed by atoms with E-state index in [-0.39, 0.29) is 18.4 Å². The normalized spacial score (nSPS) is 17.3. The van der Waals surface area contributed by atoms with E-state index in [1.165, 1.54) is 11.0 Å². The van der Waals surface area contributed by atoms with Crippen molar-refractivity contribution in [3.05, 3.63) is 17.7 Å². The summed E-state index contributed by atoms with van der Waals surface area (Å²) in [5.74, 6) is -2.69. The van der Waals surface area contributed by atoms with Crippen LogP contribution < -0.4 is 10.6 Å². The summed E-state index contributed by atoms with van der Waals surface area (Å²) >= 11 is 0. The van der Waals surface area contributed by atoms with Crippen LogP contribution in [0.25, 0.3) is 0 Å². The third kappa shape index (κ3) is 6.49. The summed E-state index contributed by atoms with van der Waals surface area (Å²) in [6.07, 6.45) is -6.10. The number of anilines is 2. The number of pyridine rings is 1. The fourth-order valence-electron chi connectivity index (χ4n) is 2.85. The molecule has 1 aliphatic heterocycles. The number of likely N-dealkylation sites (tertiary alicyclic amines) is 1. The molecule has 166 valence electrons. The molecule has 2 heterocycles. The summed E-state index contributed by atoms with van der Waals surface area (Å²) < 4.78 is 43.8. The highest BCUT2D eigenvalue weighted by Crippen LogP contribution is 2.27. The number of carboxylic acid groups (broad SMARTS) is 1. The van der Waals surface area contributed by atoms with Gasteiger partial charge in [0.1, 0.15) is 17.2 Å². The molecule has 12 heteroatoms. The lowest BCUT2D eigenvalue weighted by molar-refractivity contribution is -0.0885. The lowest BCUT2D eigenvalue weighted by Gasteiger charge is -2.31. The number of carbonyl (C=O) groups excluding carboxylic acids is 2. The first-order valence-electron chi connectivity index (χ1n) is 9.13. The molecular weight excluding hydrogens is 409 g/mol. The summed E-state index contributed by atoms with van der Waals surface area (Å²) in [4.78, 5) is 40.0. The van der Waals surface area contributed by atoms with Crippen molar-refractivity contribution in [2.24, 2.45) is 0 Å². The van der Waals surface area contributed by atoms with Crippen molar-refractivity contribution in [1.82, 2.24) is 9.88 Å². The fraction of sp³-hybridized carbons (Fsp3) is 0.556. The lowest BCUT2D eigenvalue weighted by atomic mass is 10.1. The average molecular weight is 432 g/mol. The zero-order valence-corrected chi connectivity index (χ0v) is 16.7. The van der Waals surface area contributed by atoms with Gasteiger partial charge in [-0.3, -0.25) is 10.1 Å². The standard InChI is InChI=1S/C18H23F3N4O5/c1-17(2,3)30-15(27)24-14-11(13(26)18(19,20)21)6-7-12(23-14)22-10-5-4-8-25(9-10)16(28)29/h6-7,10H,4-5,8-9H2,1-3H3,(H,28,29)(H2,22,23,24,27). The van der Waals surface area contributed by atoms with Gasteiger partial charge in [0.2, 0.25) is 0 Å². The number of ether oxygens (including phenoxy) is 1. The lowest BCUT2D eigenvalue weighted by Crippen LogP contribution is -2.44. The van der Waals surface area contributed by atoms with E-state index in [1.54, 1.807) is 20.8 Å². The van der Waals surface area contributed by atoms with Gasteiger partial charge in [-0.25, -0.2) is 14.6 Å². The number of rotatable bonds is 4. The molecule has 2 rings (SSSR count). The Hall–Kier alpha value is -3.05. The molecule has 1 fully saturated rings. The van der Waals surface area contributed by atoms with E-state index in [2.05, 4.69) is 15.6 Å². The van der Waals surface area contributed by atoms with Crippen molar-refractivity contribution in [3.8, 4) is 0 Å². The van der Waals surface area contributed by atoms with Gasteiger partial charge in [0, 0.05) is 19.1 Å². The maximum absolute atomic E-state index is 12.9. The number of carbonyl (C=O) groups is 3. The van der Waals surface area contributed by atoms with Gasteiger partial charge in [-0.05, 0) is 45.7 Å². The van der Waals surface area contributed by atoms with E-state index in [9.17, 15) is 27.6 Å². The number of hydrogen-bond acceptors (Lipinski definition) is 6. The van der Waals surface area contributed by atoms with Gasteiger partial charge in [-0.2, -0.15) is 13.2 Å². The molecule has 0 aliphatic carbocycles. The number of piperidine rings is 1. The molecule has 0 bridgehead atoms. The van der Waals surface area contributed by atoms with E-state index >= 15 is 0 Å². The maximum Gasteiger partial charge on any atom is 0.455 e. The number of nitrogens with zero attached hydrogens (tertiary/aromatic N) is 2. The molecule has 0 saturated carbocycles. The Labute approximate surface area is 170 Å². The van der Waals surface area contributed by atoms with Gasteiger partial charge in [0.05, 0.1) is 5.56 Å². The molecule has 30 heavy (non-hydrogen) atoms. The number of ketones is 1. The molecule has 0 spiro atoms. The highest BCUT2D eigenvalue weighted by molar-refractivity contribution is 6.06. The van der Waals surface area contributed by atoms with Crippen molar-refractivity contribution in [1.29, 1.82) is 0 Å². The maximum atomic E-state index is 12.9. The van der Waals surface area contributed by atoms with Crippen molar-refractivity contribution in [2.75, 3.05) is 23.7 Å². The fourth-order valence-corrected chi connectivity index (χ4v) is 2.85. The van der Waals surface area contributed by atoms with Crippen LogP contribution in [-0.2, 0) is 4.74 Å². The molecule has 1 aromatic heterocycles. The van der Waals surface area contributed by atoms with E-state index in [0.29, 0.717) is 19.4 Å². The Morgan fingerprint density at radius 1 is 1.23 bits per heavy atom. The summed E-state index contributed by atoms with van der Waals surface area (Å²) in [6, 6.07) is 1.73. The number of aromatic nitrogens is 1. The second-order valence-corrected chi connectivity index (χ2v) is 7.76. The molecule has 0 radical (unpaired) electrons. The van der Waals surface area contributed by atoms with Crippen LogP contribution in [0.1, 0.15) is 44.0 Å². The zero-order chi connectivity index (χ0) is 22.7. The molecule has 1 atom stereocenters. The zero-order valence-electron chi connectivity index (χ0n) is 16.7. The van der Waals surface area contributed by atoms with Crippen LogP contribution >= 0.6 is 0 Å². The molecule has 9 nitrogen and oxygen atoms in total. The first-order chi connectivity index (χ1) is 13.8. The van der Waals surface area contributed by atoms with E-state index < -0.39 is 41.1 Å². The van der Waals surface area contributed by atoms with Gasteiger partial charge in [0.15, 0.2) is 0 Å². The minimum absolute atomic E-state index is 0.0806. The topological polar surface area (TPSA) is 121 Å². The highest BCUT2D eigenvalue weighted by Gasteiger charge is 2.41. The van der Waals surface area contributed by atoms with Crippen LogP contribution in [0.15, 0.2) is 12.1 Å². The quantitative estimate of drug-likeness (QED) is 0.620. The molecule has 1 aromatic rings. The van der Waals surface area contributed by atoms with Crippen LogP contribution in [0.3, 0.4) is 0 Å². The first kappa shape index (κ1) is 23.2. The SMILES string of the molecule is CC(C)(C)OC(=O)Nc1nc(NC2CCCN(C(=O)O)C2)ccc1C(=O)C(F)(F)F. The molecule has 2 amide bonds. The molecule has 3 N–H and O–H groups in total. The molecule has 1 aliphatic rings. The Balaban J connectivity index is 2.27. The van der Waals surface area contributed by atoms with E-state index in [1.807, 2.05) is 0 Å². The van der Waals surface area contributed by atoms with Crippen LogP contribution in [0.5, 0.6) is 0 Å². The van der Waals surface area contributed by atoms with E-state index in [0.717, 1.165) is 6.07 Å². The summed E-state index contributed by atoms with van der Waals surface area (Å²) in [5.41, 5.74) is -1.76. The van der Waals surface area contributed by atoms with E-state index in [4.69, 9.17) is 9.84 Å². The van der Waals surface area contributed by atoms with Crippen molar-refractivity contribution in [3.63, 3.8) is 0 Å². The Bertz CT molecular complexity index is 823. The number of alkyl halides is 3. The molecule has 1 unspecified atom stereocenters. The van der Waals surface area contributed by atoms with Gasteiger partial charge >= 0.3 is 18.4 Å². The van der Waals surface area contributed by atoms with Gasteiger partial charge in [-0.15, -0.1) is 0 Å². The Kier molecular flexibility index (Phi) is 6.78. The second-order valence-electron chi connectivity index (χ2n) is 7.76. The predicted molar refractivity (Wildman–Crippen MR) is 101 cm³/mol. The molecule has 1 saturated heterocycles. The Morgan fingerprint density at radius 3 is 2.47 bits per heavy atom. The number of nitrogens with one attached hydrogen (secondary N) is 2. The Morgan fingerprint density at radius 2 is 1.90 bits per heavy atom. The van der Waals surface area contributed by atoms with Crippen LogP contribution in [0, 0.1) is 0 Å². The van der Waals surface area contributed by atoms with Crippen molar-refractivity contribution >= 4 is 29.6 Å².